The van der Waals surface area contributed by atoms with Crippen LogP contribution in [0.2, 0.25) is 5.02 Å². The fraction of sp³-hybridized carbons (Fsp3) is 0.133. The SMILES string of the molecule is O=C(NCC(O)c1ccccc1Cl)c1cc2occc2[nH]1. The predicted molar refractivity (Wildman–Crippen MR) is 79.3 cm³/mol. The molecule has 1 aromatic carbocycles. The number of furan rings is 1. The molecule has 0 radical (unpaired) electrons. The van der Waals surface area contributed by atoms with Crippen LogP contribution in [0.3, 0.4) is 0 Å². The van der Waals surface area contributed by atoms with Gasteiger partial charge in [-0.05, 0) is 6.07 Å². The van der Waals surface area contributed by atoms with E-state index >= 15 is 0 Å². The van der Waals surface area contributed by atoms with E-state index in [2.05, 4.69) is 10.3 Å². The van der Waals surface area contributed by atoms with E-state index in [0.717, 1.165) is 5.52 Å². The number of aliphatic hydroxyl groups excluding tert-OH is 1. The maximum Gasteiger partial charge on any atom is 0.267 e. The number of hydrogen-bond donors (Lipinski definition) is 3. The Labute approximate surface area is 125 Å². The van der Waals surface area contributed by atoms with Crippen LogP contribution in [-0.2, 0) is 0 Å². The highest BCUT2D eigenvalue weighted by atomic mass is 35.5. The van der Waals surface area contributed by atoms with Gasteiger partial charge in [0.15, 0.2) is 5.58 Å². The summed E-state index contributed by atoms with van der Waals surface area (Å²) >= 11 is 6.00. The van der Waals surface area contributed by atoms with Crippen molar-refractivity contribution in [2.75, 3.05) is 6.54 Å². The van der Waals surface area contributed by atoms with Gasteiger partial charge in [0.05, 0.1) is 17.9 Å². The molecule has 5 nitrogen and oxygen atoms in total. The number of benzene rings is 1. The van der Waals surface area contributed by atoms with Crippen LogP contribution in [0, 0.1) is 0 Å². The van der Waals surface area contributed by atoms with Gasteiger partial charge in [-0.25, -0.2) is 0 Å². The molecule has 0 fully saturated rings. The minimum absolute atomic E-state index is 0.0724. The summed E-state index contributed by atoms with van der Waals surface area (Å²) in [4.78, 5) is 14.9. The lowest BCUT2D eigenvalue weighted by atomic mass is 10.1. The Balaban J connectivity index is 1.66. The minimum atomic E-state index is -0.861. The molecule has 2 heterocycles. The summed E-state index contributed by atoms with van der Waals surface area (Å²) in [5, 5.41) is 13.2. The van der Waals surface area contributed by atoms with Crippen LogP contribution >= 0.6 is 11.6 Å². The first-order valence-corrected chi connectivity index (χ1v) is 6.80. The van der Waals surface area contributed by atoms with Crippen molar-refractivity contribution in [3.05, 3.63) is 58.9 Å². The van der Waals surface area contributed by atoms with E-state index in [1.807, 2.05) is 0 Å². The zero-order valence-corrected chi connectivity index (χ0v) is 11.7. The highest BCUT2D eigenvalue weighted by Crippen LogP contribution is 2.22. The quantitative estimate of drug-likeness (QED) is 0.693. The van der Waals surface area contributed by atoms with Gasteiger partial charge in [-0.3, -0.25) is 4.79 Å². The molecule has 108 valence electrons. The molecule has 3 N–H and O–H groups in total. The molecule has 0 aliphatic carbocycles. The molecule has 0 saturated carbocycles. The fourth-order valence-corrected chi connectivity index (χ4v) is 2.37. The van der Waals surface area contributed by atoms with E-state index in [0.29, 0.717) is 21.9 Å². The van der Waals surface area contributed by atoms with Gasteiger partial charge >= 0.3 is 0 Å². The maximum absolute atomic E-state index is 12.0. The van der Waals surface area contributed by atoms with Gasteiger partial charge < -0.3 is 19.8 Å². The third kappa shape index (κ3) is 2.79. The smallest absolute Gasteiger partial charge is 0.267 e. The van der Waals surface area contributed by atoms with Gasteiger partial charge in [0.2, 0.25) is 0 Å². The van der Waals surface area contributed by atoms with Crippen molar-refractivity contribution in [1.29, 1.82) is 0 Å². The van der Waals surface area contributed by atoms with Gasteiger partial charge in [0.25, 0.3) is 5.91 Å². The lowest BCUT2D eigenvalue weighted by Crippen LogP contribution is -2.28. The van der Waals surface area contributed by atoms with Crippen LogP contribution in [0.4, 0.5) is 0 Å². The van der Waals surface area contributed by atoms with Gasteiger partial charge in [0.1, 0.15) is 5.69 Å². The Hall–Kier alpha value is -2.24. The summed E-state index contributed by atoms with van der Waals surface area (Å²) in [5.41, 5.74) is 2.34. The predicted octanol–water partition coefficient (Wildman–Crippen LogP) is 2.88. The van der Waals surface area contributed by atoms with E-state index in [1.165, 1.54) is 0 Å². The number of nitrogens with one attached hydrogen (secondary N) is 2. The third-order valence-electron chi connectivity index (χ3n) is 3.20. The number of aliphatic hydroxyl groups is 1. The Morgan fingerprint density at radius 2 is 2.19 bits per heavy atom. The van der Waals surface area contributed by atoms with Crippen LogP contribution in [0.15, 0.2) is 47.1 Å². The van der Waals surface area contributed by atoms with Gasteiger partial charge in [-0.2, -0.15) is 0 Å². The number of H-pyrrole nitrogens is 1. The number of fused-ring (bicyclic) bond motifs is 1. The second-order valence-corrected chi connectivity index (χ2v) is 5.04. The summed E-state index contributed by atoms with van der Waals surface area (Å²) in [5.74, 6) is -0.312. The van der Waals surface area contributed by atoms with Crippen molar-refractivity contribution >= 4 is 28.6 Å². The molecular weight excluding hydrogens is 292 g/mol. The molecule has 6 heteroatoms. The summed E-state index contributed by atoms with van der Waals surface area (Å²) in [6.07, 6.45) is 0.685. The molecule has 21 heavy (non-hydrogen) atoms. The first-order chi connectivity index (χ1) is 10.1. The molecule has 0 aliphatic rings. The van der Waals surface area contributed by atoms with Crippen molar-refractivity contribution < 1.29 is 14.3 Å². The summed E-state index contributed by atoms with van der Waals surface area (Å²) < 4.78 is 5.18. The van der Waals surface area contributed by atoms with E-state index in [9.17, 15) is 9.90 Å². The Morgan fingerprint density at radius 3 is 2.95 bits per heavy atom. The van der Waals surface area contributed by atoms with Crippen LogP contribution in [0.5, 0.6) is 0 Å². The number of aromatic amines is 1. The Morgan fingerprint density at radius 1 is 1.38 bits per heavy atom. The van der Waals surface area contributed by atoms with Gasteiger partial charge in [0, 0.05) is 29.3 Å². The lowest BCUT2D eigenvalue weighted by Gasteiger charge is -2.13. The molecule has 0 saturated heterocycles. The van der Waals surface area contributed by atoms with Crippen LogP contribution < -0.4 is 5.32 Å². The van der Waals surface area contributed by atoms with E-state index in [4.69, 9.17) is 16.0 Å². The Kier molecular flexibility index (Phi) is 3.68. The topological polar surface area (TPSA) is 78.3 Å². The maximum atomic E-state index is 12.0. The molecule has 0 aliphatic heterocycles. The number of carbonyl (C=O) groups is 1. The van der Waals surface area contributed by atoms with E-state index in [-0.39, 0.29) is 12.5 Å². The number of rotatable bonds is 4. The standard InChI is InChI=1S/C15H13ClN2O3/c16-10-4-2-1-3-9(10)13(19)8-17-15(20)12-7-14-11(18-12)5-6-21-14/h1-7,13,18-19H,8H2,(H,17,20). The number of aromatic nitrogens is 1. The van der Waals surface area contributed by atoms with Crippen molar-refractivity contribution in [3.63, 3.8) is 0 Å². The summed E-state index contributed by atoms with van der Waals surface area (Å²) in [6, 6.07) is 10.3. The Bertz CT molecular complexity index is 749. The first-order valence-electron chi connectivity index (χ1n) is 6.42. The molecule has 3 aromatic rings. The molecule has 0 bridgehead atoms. The van der Waals surface area contributed by atoms with Gasteiger partial charge in [-0.1, -0.05) is 29.8 Å². The molecular formula is C15H13ClN2O3. The second-order valence-electron chi connectivity index (χ2n) is 4.63. The van der Waals surface area contributed by atoms with Crippen LogP contribution in [0.1, 0.15) is 22.2 Å². The van der Waals surface area contributed by atoms with E-state index < -0.39 is 6.10 Å². The van der Waals surface area contributed by atoms with Crippen molar-refractivity contribution in [3.8, 4) is 0 Å². The number of halogens is 1. The molecule has 2 aromatic heterocycles. The molecule has 1 unspecified atom stereocenters. The summed E-state index contributed by atoms with van der Waals surface area (Å²) in [6.45, 7) is 0.0724. The van der Waals surface area contributed by atoms with E-state index in [1.54, 1.807) is 42.7 Å². The molecule has 3 rings (SSSR count). The summed E-state index contributed by atoms with van der Waals surface area (Å²) in [7, 11) is 0. The zero-order valence-electron chi connectivity index (χ0n) is 11.0. The molecule has 1 atom stereocenters. The monoisotopic (exact) mass is 304 g/mol. The fourth-order valence-electron chi connectivity index (χ4n) is 2.11. The average Bonchev–Trinajstić information content (AvgIpc) is 3.06. The highest BCUT2D eigenvalue weighted by Gasteiger charge is 2.15. The minimum Gasteiger partial charge on any atom is -0.463 e. The van der Waals surface area contributed by atoms with Crippen molar-refractivity contribution in [2.45, 2.75) is 6.10 Å². The largest absolute Gasteiger partial charge is 0.463 e. The zero-order chi connectivity index (χ0) is 14.8. The number of carbonyl (C=O) groups excluding carboxylic acids is 1. The lowest BCUT2D eigenvalue weighted by molar-refractivity contribution is 0.0912. The van der Waals surface area contributed by atoms with Crippen LogP contribution in [-0.4, -0.2) is 22.5 Å². The molecule has 1 amide bonds. The van der Waals surface area contributed by atoms with Crippen LogP contribution in [0.25, 0.3) is 11.1 Å². The van der Waals surface area contributed by atoms with Crippen molar-refractivity contribution in [2.24, 2.45) is 0 Å². The molecule has 0 spiro atoms. The third-order valence-corrected chi connectivity index (χ3v) is 3.55. The average molecular weight is 305 g/mol. The second kappa shape index (κ2) is 5.63. The van der Waals surface area contributed by atoms with Gasteiger partial charge in [-0.15, -0.1) is 0 Å². The first kappa shape index (κ1) is 13.7. The normalized spacial score (nSPS) is 12.5. The number of amides is 1. The van der Waals surface area contributed by atoms with Crippen molar-refractivity contribution in [1.82, 2.24) is 10.3 Å². The number of hydrogen-bond acceptors (Lipinski definition) is 3. The highest BCUT2D eigenvalue weighted by molar-refractivity contribution is 6.31.